The van der Waals surface area contributed by atoms with Gasteiger partial charge in [0.2, 0.25) is 0 Å². The van der Waals surface area contributed by atoms with Crippen molar-refractivity contribution in [1.82, 2.24) is 0 Å². The molecule has 136 valence electrons. The first kappa shape index (κ1) is 16.1. The van der Waals surface area contributed by atoms with Crippen LogP contribution >= 0.6 is 0 Å². The molecule has 6 rings (SSSR count). The Labute approximate surface area is 168 Å². The molecule has 0 aliphatic heterocycles. The fourth-order valence-corrected chi connectivity index (χ4v) is 4.62. The van der Waals surface area contributed by atoms with Crippen LogP contribution in [-0.2, 0) is 0 Å². The summed E-state index contributed by atoms with van der Waals surface area (Å²) >= 11 is 0. The molecule has 0 bridgehead atoms. The zero-order valence-corrected chi connectivity index (χ0v) is 15.8. The van der Waals surface area contributed by atoms with E-state index in [1.165, 1.54) is 27.1 Å². The fourth-order valence-electron chi connectivity index (χ4n) is 4.62. The van der Waals surface area contributed by atoms with Gasteiger partial charge in [-0.1, -0.05) is 97.1 Å². The molecular formula is C28H18O. The largest absolute Gasteiger partial charge is 0.507 e. The van der Waals surface area contributed by atoms with Crippen molar-refractivity contribution in [2.24, 2.45) is 0 Å². The molecule has 0 amide bonds. The number of aromatic hydroxyl groups is 1. The Morgan fingerprint density at radius 1 is 0.379 bits per heavy atom. The van der Waals surface area contributed by atoms with Gasteiger partial charge >= 0.3 is 0 Å². The summed E-state index contributed by atoms with van der Waals surface area (Å²) in [5, 5.41) is 19.9. The molecule has 0 spiro atoms. The monoisotopic (exact) mass is 370 g/mol. The SMILES string of the molecule is Oc1cc2c(-c3cccc4c3ccc3ccccc34)cccc2c2ccccc12. The lowest BCUT2D eigenvalue weighted by Crippen LogP contribution is -1.86. The lowest BCUT2D eigenvalue weighted by molar-refractivity contribution is 0.482. The first-order valence-corrected chi connectivity index (χ1v) is 9.85. The summed E-state index contributed by atoms with van der Waals surface area (Å²) < 4.78 is 0. The molecule has 29 heavy (non-hydrogen) atoms. The molecule has 1 heteroatoms. The number of hydrogen-bond donors (Lipinski definition) is 1. The second-order valence-corrected chi connectivity index (χ2v) is 7.53. The number of benzene rings is 6. The highest BCUT2D eigenvalue weighted by Gasteiger charge is 2.12. The average Bonchev–Trinajstić information content (AvgIpc) is 2.78. The Morgan fingerprint density at radius 3 is 1.72 bits per heavy atom. The zero-order chi connectivity index (χ0) is 19.4. The Hall–Kier alpha value is -3.84. The number of hydrogen-bond acceptors (Lipinski definition) is 1. The summed E-state index contributed by atoms with van der Waals surface area (Å²) in [5.41, 5.74) is 2.33. The van der Waals surface area contributed by atoms with E-state index in [0.29, 0.717) is 5.75 Å². The van der Waals surface area contributed by atoms with Crippen molar-refractivity contribution < 1.29 is 5.11 Å². The van der Waals surface area contributed by atoms with Crippen molar-refractivity contribution >= 4 is 43.1 Å². The van der Waals surface area contributed by atoms with Gasteiger partial charge in [0, 0.05) is 5.39 Å². The van der Waals surface area contributed by atoms with Gasteiger partial charge in [0.25, 0.3) is 0 Å². The van der Waals surface area contributed by atoms with Crippen molar-refractivity contribution in [2.75, 3.05) is 0 Å². The van der Waals surface area contributed by atoms with Gasteiger partial charge in [-0.25, -0.2) is 0 Å². The van der Waals surface area contributed by atoms with E-state index in [1.807, 2.05) is 24.3 Å². The third-order valence-corrected chi connectivity index (χ3v) is 5.96. The first-order chi connectivity index (χ1) is 14.3. The zero-order valence-electron chi connectivity index (χ0n) is 15.8. The standard InChI is InChI=1S/C28H18O/c29-28-17-27-23(13-6-14-24(27)22-9-3-4-10-26(22)28)21-12-5-11-20-19-8-2-1-7-18(19)15-16-25(20)21/h1-17,29H. The predicted octanol–water partition coefficient (Wildman–Crippen LogP) is 7.67. The molecule has 6 aromatic carbocycles. The van der Waals surface area contributed by atoms with E-state index in [4.69, 9.17) is 0 Å². The van der Waals surface area contributed by atoms with E-state index in [2.05, 4.69) is 78.9 Å². The van der Waals surface area contributed by atoms with Crippen LogP contribution < -0.4 is 0 Å². The van der Waals surface area contributed by atoms with Crippen LogP contribution in [0.3, 0.4) is 0 Å². The van der Waals surface area contributed by atoms with Crippen LogP contribution in [0, 0.1) is 0 Å². The van der Waals surface area contributed by atoms with Crippen LogP contribution in [0.4, 0.5) is 0 Å². The molecule has 6 aromatic rings. The number of phenols is 1. The van der Waals surface area contributed by atoms with Crippen LogP contribution in [-0.4, -0.2) is 5.11 Å². The lowest BCUT2D eigenvalue weighted by Gasteiger charge is -2.14. The maximum Gasteiger partial charge on any atom is 0.124 e. The van der Waals surface area contributed by atoms with Crippen LogP contribution in [0.25, 0.3) is 54.2 Å². The van der Waals surface area contributed by atoms with Gasteiger partial charge in [-0.05, 0) is 54.9 Å². The third kappa shape index (κ3) is 2.34. The molecule has 0 fully saturated rings. The van der Waals surface area contributed by atoms with E-state index in [0.717, 1.165) is 27.1 Å². The third-order valence-electron chi connectivity index (χ3n) is 5.96. The number of rotatable bonds is 1. The molecule has 1 N–H and O–H groups in total. The first-order valence-electron chi connectivity index (χ1n) is 9.85. The minimum absolute atomic E-state index is 0.325. The maximum atomic E-state index is 10.7. The summed E-state index contributed by atoms with van der Waals surface area (Å²) in [7, 11) is 0. The van der Waals surface area contributed by atoms with Crippen molar-refractivity contribution in [3.05, 3.63) is 103 Å². The molecule has 0 unspecified atom stereocenters. The van der Waals surface area contributed by atoms with E-state index < -0.39 is 0 Å². The Morgan fingerprint density at radius 2 is 0.931 bits per heavy atom. The maximum absolute atomic E-state index is 10.7. The topological polar surface area (TPSA) is 20.2 Å². The molecule has 0 aliphatic rings. The van der Waals surface area contributed by atoms with Crippen molar-refractivity contribution in [3.63, 3.8) is 0 Å². The molecule has 0 aromatic heterocycles. The van der Waals surface area contributed by atoms with Gasteiger partial charge in [0.1, 0.15) is 5.75 Å². The molecule has 0 radical (unpaired) electrons. The highest BCUT2D eigenvalue weighted by atomic mass is 16.3. The van der Waals surface area contributed by atoms with E-state index >= 15 is 0 Å². The minimum atomic E-state index is 0.325. The Balaban J connectivity index is 1.75. The van der Waals surface area contributed by atoms with Gasteiger partial charge < -0.3 is 5.11 Å². The smallest absolute Gasteiger partial charge is 0.124 e. The summed E-state index contributed by atoms with van der Waals surface area (Å²) in [6.07, 6.45) is 0. The molecule has 0 saturated heterocycles. The van der Waals surface area contributed by atoms with Crippen molar-refractivity contribution in [2.45, 2.75) is 0 Å². The van der Waals surface area contributed by atoms with Crippen molar-refractivity contribution in [1.29, 1.82) is 0 Å². The average molecular weight is 370 g/mol. The lowest BCUT2D eigenvalue weighted by atomic mass is 9.90. The number of fused-ring (bicyclic) bond motifs is 6. The van der Waals surface area contributed by atoms with Crippen LogP contribution in [0.15, 0.2) is 103 Å². The van der Waals surface area contributed by atoms with Crippen LogP contribution in [0.2, 0.25) is 0 Å². The van der Waals surface area contributed by atoms with Gasteiger partial charge in [-0.2, -0.15) is 0 Å². The quantitative estimate of drug-likeness (QED) is 0.294. The van der Waals surface area contributed by atoms with Gasteiger partial charge in [0.05, 0.1) is 0 Å². The second kappa shape index (κ2) is 6.08. The fraction of sp³-hybridized carbons (Fsp3) is 0. The molecule has 0 heterocycles. The summed E-state index contributed by atoms with van der Waals surface area (Å²) in [6.45, 7) is 0. The molecular weight excluding hydrogens is 352 g/mol. The van der Waals surface area contributed by atoms with Crippen molar-refractivity contribution in [3.8, 4) is 16.9 Å². The summed E-state index contributed by atoms with van der Waals surface area (Å²) in [4.78, 5) is 0. The van der Waals surface area contributed by atoms with Crippen LogP contribution in [0.5, 0.6) is 5.75 Å². The second-order valence-electron chi connectivity index (χ2n) is 7.53. The van der Waals surface area contributed by atoms with Crippen LogP contribution in [0.1, 0.15) is 0 Å². The van der Waals surface area contributed by atoms with Gasteiger partial charge in [0.15, 0.2) is 0 Å². The molecule has 0 saturated carbocycles. The van der Waals surface area contributed by atoms with E-state index in [1.54, 1.807) is 0 Å². The normalized spacial score (nSPS) is 11.6. The van der Waals surface area contributed by atoms with E-state index in [-0.39, 0.29) is 0 Å². The molecule has 1 nitrogen and oxygen atoms in total. The van der Waals surface area contributed by atoms with Gasteiger partial charge in [-0.15, -0.1) is 0 Å². The number of phenolic OH excluding ortho intramolecular Hbond substituents is 1. The highest BCUT2D eigenvalue weighted by molar-refractivity contribution is 6.18. The summed E-state index contributed by atoms with van der Waals surface area (Å²) in [5.74, 6) is 0.325. The Bertz CT molecular complexity index is 1560. The van der Waals surface area contributed by atoms with E-state index in [9.17, 15) is 5.11 Å². The highest BCUT2D eigenvalue weighted by Crippen LogP contribution is 2.40. The molecule has 0 aliphatic carbocycles. The van der Waals surface area contributed by atoms with Gasteiger partial charge in [-0.3, -0.25) is 0 Å². The Kier molecular flexibility index (Phi) is 3.39. The predicted molar refractivity (Wildman–Crippen MR) is 124 cm³/mol. The molecule has 0 atom stereocenters. The summed E-state index contributed by atoms with van der Waals surface area (Å²) in [6, 6.07) is 35.8. The minimum Gasteiger partial charge on any atom is -0.507 e.